The number of aliphatic hydroxyl groups is 1. The average molecular weight is 311 g/mol. The fraction of sp³-hybridized carbons (Fsp3) is 0.364. The number of benzene rings is 1. The molecule has 8 heteroatoms. The van der Waals surface area contributed by atoms with Gasteiger partial charge in [0.05, 0.1) is 23.1 Å². The van der Waals surface area contributed by atoms with Gasteiger partial charge in [-0.25, -0.2) is 13.6 Å². The molecule has 0 fully saturated rings. The van der Waals surface area contributed by atoms with Crippen molar-refractivity contribution in [3.8, 4) is 0 Å². The first kappa shape index (κ1) is 16.0. The van der Waals surface area contributed by atoms with E-state index in [2.05, 4.69) is 10.6 Å². The van der Waals surface area contributed by atoms with Crippen LogP contribution in [0.4, 0.5) is 19.3 Å². The maximum Gasteiger partial charge on any atom is 0.319 e. The molecule has 0 aliphatic carbocycles. The molecule has 0 radical (unpaired) electrons. The number of hydrogen-bond donors (Lipinski definition) is 3. The molecule has 0 spiro atoms. The summed E-state index contributed by atoms with van der Waals surface area (Å²) in [6, 6.07) is 4.20. The Labute approximate surface area is 118 Å². The Morgan fingerprint density at radius 3 is 2.84 bits per heavy atom. The van der Waals surface area contributed by atoms with E-state index >= 15 is 0 Å². The molecule has 3 N–H and O–H groups in total. The van der Waals surface area contributed by atoms with Crippen LogP contribution in [0.3, 0.4) is 0 Å². The van der Waals surface area contributed by atoms with Gasteiger partial charge in [-0.05, 0) is 12.1 Å². The van der Waals surface area contributed by atoms with Crippen LogP contribution in [-0.2, 0) is 0 Å². The lowest BCUT2D eigenvalue weighted by Gasteiger charge is -2.12. The number of hydrogen-bond acceptors (Lipinski definition) is 3. The third kappa shape index (κ3) is 5.63. The van der Waals surface area contributed by atoms with E-state index in [0.29, 0.717) is 15.6 Å². The number of carbonyl (C=O) groups excluding carboxylic acids is 1. The first-order valence-corrected chi connectivity index (χ1v) is 6.76. The van der Waals surface area contributed by atoms with E-state index in [-0.39, 0.29) is 13.2 Å². The van der Waals surface area contributed by atoms with Gasteiger partial charge in [-0.3, -0.25) is 0 Å². The number of nitrogens with one attached hydrogen (secondary N) is 2. The number of urea groups is 1. The minimum Gasteiger partial charge on any atom is -0.395 e. The largest absolute Gasteiger partial charge is 0.395 e. The van der Waals surface area contributed by atoms with Crippen LogP contribution in [0.25, 0.3) is 0 Å². The van der Waals surface area contributed by atoms with Crippen LogP contribution in [0.1, 0.15) is 0 Å². The third-order valence-corrected chi connectivity index (χ3v) is 3.54. The van der Waals surface area contributed by atoms with E-state index in [1.165, 1.54) is 0 Å². The number of anilines is 1. The summed E-state index contributed by atoms with van der Waals surface area (Å²) < 4.78 is 24.4. The van der Waals surface area contributed by atoms with Crippen LogP contribution in [-0.4, -0.2) is 36.5 Å². The number of thioether (sulfide) groups is 1. The first-order chi connectivity index (χ1) is 9.04. The number of alkyl halides is 2. The van der Waals surface area contributed by atoms with Gasteiger partial charge >= 0.3 is 6.03 Å². The summed E-state index contributed by atoms with van der Waals surface area (Å²) in [5.41, 5.74) is 0.355. The van der Waals surface area contributed by atoms with E-state index < -0.39 is 18.2 Å². The van der Waals surface area contributed by atoms with Crippen LogP contribution in [0.2, 0.25) is 5.02 Å². The summed E-state index contributed by atoms with van der Waals surface area (Å²) in [6.07, 6.45) is -2.46. The maximum absolute atomic E-state index is 12.2. The van der Waals surface area contributed by atoms with Gasteiger partial charge in [-0.1, -0.05) is 17.7 Å². The smallest absolute Gasteiger partial charge is 0.319 e. The predicted octanol–water partition coefficient (Wildman–Crippen LogP) is 2.81. The molecule has 0 unspecified atom stereocenters. The van der Waals surface area contributed by atoms with Crippen molar-refractivity contribution < 1.29 is 18.7 Å². The Balaban J connectivity index is 2.76. The molecule has 0 saturated heterocycles. The summed E-state index contributed by atoms with van der Waals surface area (Å²) in [5, 5.41) is 13.8. The third-order valence-electron chi connectivity index (χ3n) is 1.97. The highest BCUT2D eigenvalue weighted by Gasteiger charge is 2.13. The SMILES string of the molecule is O=C(NCCO)Nc1cccc(Cl)c1SCC(F)F. The van der Waals surface area contributed by atoms with Gasteiger partial charge in [0, 0.05) is 11.4 Å². The molecule has 0 atom stereocenters. The average Bonchev–Trinajstić information content (AvgIpc) is 2.35. The van der Waals surface area contributed by atoms with Crippen LogP contribution >= 0.6 is 23.4 Å². The van der Waals surface area contributed by atoms with Crippen LogP contribution in [0.15, 0.2) is 23.1 Å². The van der Waals surface area contributed by atoms with Crippen molar-refractivity contribution in [2.75, 3.05) is 24.2 Å². The molecular formula is C11H13ClF2N2O2S. The van der Waals surface area contributed by atoms with Gasteiger partial charge in [0.25, 0.3) is 0 Å². The van der Waals surface area contributed by atoms with Gasteiger partial charge < -0.3 is 15.7 Å². The zero-order chi connectivity index (χ0) is 14.3. The van der Waals surface area contributed by atoms with Gasteiger partial charge in [0.1, 0.15) is 0 Å². The second-order valence-corrected chi connectivity index (χ2v) is 4.86. The fourth-order valence-electron chi connectivity index (χ4n) is 1.24. The lowest BCUT2D eigenvalue weighted by atomic mass is 10.3. The molecule has 1 aromatic carbocycles. The normalized spacial score (nSPS) is 10.6. The van der Waals surface area contributed by atoms with E-state index in [1.807, 2.05) is 0 Å². The standard InChI is InChI=1S/C11H13ClF2N2O2S/c12-7-2-1-3-8(10(7)19-6-9(13)14)16-11(18)15-4-5-17/h1-3,9,17H,4-6H2,(H2,15,16,18). The highest BCUT2D eigenvalue weighted by Crippen LogP contribution is 2.34. The van der Waals surface area contributed by atoms with Crippen molar-refractivity contribution in [1.82, 2.24) is 5.32 Å². The molecule has 1 rings (SSSR count). The number of halogens is 3. The highest BCUT2D eigenvalue weighted by atomic mass is 35.5. The first-order valence-electron chi connectivity index (χ1n) is 5.39. The van der Waals surface area contributed by atoms with E-state index in [0.717, 1.165) is 11.8 Å². The summed E-state index contributed by atoms with van der Waals surface area (Å²) >= 11 is 6.80. The zero-order valence-electron chi connectivity index (χ0n) is 9.83. The van der Waals surface area contributed by atoms with Crippen LogP contribution < -0.4 is 10.6 Å². The predicted molar refractivity (Wildman–Crippen MR) is 72.3 cm³/mol. The van der Waals surface area contributed by atoms with Gasteiger partial charge in [-0.2, -0.15) is 0 Å². The molecule has 0 aliphatic rings. The molecular weight excluding hydrogens is 298 g/mol. The lowest BCUT2D eigenvalue weighted by molar-refractivity contribution is 0.177. The molecule has 0 aliphatic heterocycles. The number of carbonyl (C=O) groups is 1. The summed E-state index contributed by atoms with van der Waals surface area (Å²) in [7, 11) is 0. The molecule has 19 heavy (non-hydrogen) atoms. The Kier molecular flexibility index (Phi) is 6.90. The van der Waals surface area contributed by atoms with E-state index in [9.17, 15) is 13.6 Å². The van der Waals surface area contributed by atoms with Crippen LogP contribution in [0.5, 0.6) is 0 Å². The summed E-state index contributed by atoms with van der Waals surface area (Å²) in [5.74, 6) is -0.406. The van der Waals surface area contributed by atoms with Crippen molar-refractivity contribution in [1.29, 1.82) is 0 Å². The van der Waals surface area contributed by atoms with Gasteiger partial charge in [0.2, 0.25) is 6.43 Å². The quantitative estimate of drug-likeness (QED) is 0.708. The molecule has 0 aromatic heterocycles. The Morgan fingerprint density at radius 1 is 1.47 bits per heavy atom. The molecule has 0 heterocycles. The van der Waals surface area contributed by atoms with Crippen molar-refractivity contribution in [2.24, 2.45) is 0 Å². The minimum atomic E-state index is -2.46. The number of aliphatic hydroxyl groups excluding tert-OH is 1. The van der Waals surface area contributed by atoms with Crippen molar-refractivity contribution in [3.05, 3.63) is 23.2 Å². The zero-order valence-corrected chi connectivity index (χ0v) is 11.4. The molecule has 0 saturated carbocycles. The Bertz CT molecular complexity index is 435. The van der Waals surface area contributed by atoms with Crippen molar-refractivity contribution in [2.45, 2.75) is 11.3 Å². The molecule has 106 valence electrons. The van der Waals surface area contributed by atoms with Crippen molar-refractivity contribution >= 4 is 35.1 Å². The second kappa shape index (κ2) is 8.19. The van der Waals surface area contributed by atoms with Crippen LogP contribution in [0, 0.1) is 0 Å². The van der Waals surface area contributed by atoms with Crippen molar-refractivity contribution in [3.63, 3.8) is 0 Å². The monoisotopic (exact) mass is 310 g/mol. The Hall–Kier alpha value is -1.05. The summed E-state index contributed by atoms with van der Waals surface area (Å²) in [4.78, 5) is 11.8. The minimum absolute atomic E-state index is 0.103. The van der Waals surface area contributed by atoms with Gasteiger partial charge in [-0.15, -0.1) is 11.8 Å². The second-order valence-electron chi connectivity index (χ2n) is 3.42. The van der Waals surface area contributed by atoms with E-state index in [1.54, 1.807) is 18.2 Å². The molecule has 0 bridgehead atoms. The maximum atomic E-state index is 12.2. The number of amides is 2. The molecule has 4 nitrogen and oxygen atoms in total. The molecule has 1 aromatic rings. The number of rotatable bonds is 6. The Morgan fingerprint density at radius 2 is 2.21 bits per heavy atom. The fourth-order valence-corrected chi connectivity index (χ4v) is 2.35. The lowest BCUT2D eigenvalue weighted by Crippen LogP contribution is -2.31. The molecule has 2 amide bonds. The van der Waals surface area contributed by atoms with E-state index in [4.69, 9.17) is 16.7 Å². The highest BCUT2D eigenvalue weighted by molar-refractivity contribution is 7.99. The topological polar surface area (TPSA) is 61.4 Å². The van der Waals surface area contributed by atoms with Gasteiger partial charge in [0.15, 0.2) is 0 Å². The summed E-state index contributed by atoms with van der Waals surface area (Å²) in [6.45, 7) is -0.0815.